The summed E-state index contributed by atoms with van der Waals surface area (Å²) in [5, 5.41) is 0.822. The average molecular weight is 390 g/mol. The van der Waals surface area contributed by atoms with Gasteiger partial charge in [-0.15, -0.1) is 0 Å². The highest BCUT2D eigenvalue weighted by Gasteiger charge is 2.15. The van der Waals surface area contributed by atoms with Crippen LogP contribution in [0.3, 0.4) is 0 Å². The lowest BCUT2D eigenvalue weighted by Crippen LogP contribution is -2.27. The van der Waals surface area contributed by atoms with Gasteiger partial charge in [-0.1, -0.05) is 0 Å². The van der Waals surface area contributed by atoms with Gasteiger partial charge in [-0.25, -0.2) is 17.5 Å². The Labute approximate surface area is 156 Å². The molecule has 2 N–H and O–H groups in total. The number of hydrogen-bond donors (Lipinski definition) is 2. The third-order valence-corrected chi connectivity index (χ3v) is 5.71. The highest BCUT2D eigenvalue weighted by Crippen LogP contribution is 2.18. The van der Waals surface area contributed by atoms with Crippen LogP contribution in [0.15, 0.2) is 52.2 Å². The number of nitrogens with one attached hydrogen (secondary N) is 2. The highest BCUT2D eigenvalue weighted by molar-refractivity contribution is 7.89. The Kier molecular flexibility index (Phi) is 5.29. The van der Waals surface area contributed by atoms with Crippen molar-refractivity contribution in [3.8, 4) is 5.75 Å². The van der Waals surface area contributed by atoms with Crippen LogP contribution in [0.1, 0.15) is 11.1 Å². The molecule has 0 fully saturated rings. The second-order valence-electron chi connectivity index (χ2n) is 6.14. The molecule has 0 bridgehead atoms. The van der Waals surface area contributed by atoms with Crippen LogP contribution in [0.25, 0.3) is 10.9 Å². The number of ether oxygens (including phenoxy) is 1. The van der Waals surface area contributed by atoms with Gasteiger partial charge in [0.25, 0.3) is 5.56 Å². The smallest absolute Gasteiger partial charge is 0.251 e. The minimum Gasteiger partial charge on any atom is -0.497 e. The van der Waals surface area contributed by atoms with Crippen LogP contribution < -0.4 is 15.0 Å². The number of benzene rings is 2. The van der Waals surface area contributed by atoms with E-state index in [0.717, 1.165) is 11.5 Å². The van der Waals surface area contributed by atoms with E-state index in [-0.39, 0.29) is 29.0 Å². The summed E-state index contributed by atoms with van der Waals surface area (Å²) in [7, 11) is -2.24. The van der Waals surface area contributed by atoms with Crippen LogP contribution in [0.4, 0.5) is 4.39 Å². The number of aromatic nitrogens is 1. The van der Waals surface area contributed by atoms with E-state index in [0.29, 0.717) is 16.8 Å². The van der Waals surface area contributed by atoms with Gasteiger partial charge < -0.3 is 9.72 Å². The second-order valence-corrected chi connectivity index (χ2v) is 7.90. The molecule has 3 rings (SSSR count). The lowest BCUT2D eigenvalue weighted by atomic mass is 10.1. The molecule has 0 amide bonds. The predicted octanol–water partition coefficient (Wildman–Crippen LogP) is 2.51. The summed E-state index contributed by atoms with van der Waals surface area (Å²) in [6.07, 6.45) is 0.219. The minimum atomic E-state index is -3.78. The Bertz CT molecular complexity index is 1160. The van der Waals surface area contributed by atoms with Crippen molar-refractivity contribution >= 4 is 20.9 Å². The lowest BCUT2D eigenvalue weighted by molar-refractivity contribution is 0.415. The molecule has 0 aliphatic heterocycles. The van der Waals surface area contributed by atoms with E-state index in [1.165, 1.54) is 19.1 Å². The summed E-state index contributed by atoms with van der Waals surface area (Å²) in [6.45, 7) is 1.54. The SMILES string of the molecule is COc1ccc2cc(CCNS(=O)(=O)c3ccc(F)c(C)c3)c(=O)[nH]c2c1. The summed E-state index contributed by atoms with van der Waals surface area (Å²) >= 11 is 0. The van der Waals surface area contributed by atoms with Gasteiger partial charge in [-0.3, -0.25) is 4.79 Å². The van der Waals surface area contributed by atoms with E-state index in [1.807, 2.05) is 6.07 Å². The molecule has 0 atom stereocenters. The largest absolute Gasteiger partial charge is 0.497 e. The Morgan fingerprint density at radius 1 is 1.15 bits per heavy atom. The number of aryl methyl sites for hydroxylation is 1. The first-order valence-corrected chi connectivity index (χ1v) is 9.74. The number of fused-ring (bicyclic) bond motifs is 1. The Morgan fingerprint density at radius 2 is 1.93 bits per heavy atom. The topological polar surface area (TPSA) is 88.3 Å². The van der Waals surface area contributed by atoms with Crippen molar-refractivity contribution in [1.82, 2.24) is 9.71 Å². The summed E-state index contributed by atoms with van der Waals surface area (Å²) < 4.78 is 45.5. The fourth-order valence-electron chi connectivity index (χ4n) is 2.73. The molecular weight excluding hydrogens is 371 g/mol. The fourth-order valence-corrected chi connectivity index (χ4v) is 3.84. The molecule has 0 saturated carbocycles. The molecule has 0 aliphatic carbocycles. The second kappa shape index (κ2) is 7.50. The van der Waals surface area contributed by atoms with Gasteiger partial charge in [0.2, 0.25) is 10.0 Å². The average Bonchev–Trinajstić information content (AvgIpc) is 2.63. The minimum absolute atomic E-state index is 0.0130. The van der Waals surface area contributed by atoms with Crippen molar-refractivity contribution in [2.24, 2.45) is 0 Å². The number of rotatable bonds is 6. The van der Waals surface area contributed by atoms with Crippen molar-refractivity contribution in [3.05, 3.63) is 69.8 Å². The van der Waals surface area contributed by atoms with Gasteiger partial charge >= 0.3 is 0 Å². The van der Waals surface area contributed by atoms with Gasteiger partial charge in [0.05, 0.1) is 17.5 Å². The zero-order valence-electron chi connectivity index (χ0n) is 14.9. The number of methoxy groups -OCH3 is 1. The predicted molar refractivity (Wildman–Crippen MR) is 101 cm³/mol. The van der Waals surface area contributed by atoms with Crippen LogP contribution in [0, 0.1) is 12.7 Å². The van der Waals surface area contributed by atoms with E-state index in [2.05, 4.69) is 9.71 Å². The van der Waals surface area contributed by atoms with Crippen LogP contribution in [0.2, 0.25) is 0 Å². The van der Waals surface area contributed by atoms with Crippen molar-refractivity contribution in [2.45, 2.75) is 18.2 Å². The van der Waals surface area contributed by atoms with Gasteiger partial charge in [-0.05, 0) is 60.7 Å². The summed E-state index contributed by atoms with van der Waals surface area (Å²) in [5.41, 5.74) is 1.07. The first-order valence-electron chi connectivity index (χ1n) is 8.26. The number of sulfonamides is 1. The molecule has 2 aromatic carbocycles. The first kappa shape index (κ1) is 19.1. The number of hydrogen-bond acceptors (Lipinski definition) is 4. The molecular formula is C19H19FN2O4S. The monoisotopic (exact) mass is 390 g/mol. The molecule has 27 heavy (non-hydrogen) atoms. The Morgan fingerprint density at radius 3 is 2.63 bits per heavy atom. The van der Waals surface area contributed by atoms with Crippen molar-refractivity contribution in [2.75, 3.05) is 13.7 Å². The van der Waals surface area contributed by atoms with Gasteiger partial charge in [0, 0.05) is 18.2 Å². The third-order valence-electron chi connectivity index (χ3n) is 4.26. The molecule has 1 aromatic heterocycles. The zero-order valence-corrected chi connectivity index (χ0v) is 15.7. The number of pyridine rings is 1. The summed E-state index contributed by atoms with van der Waals surface area (Å²) in [6, 6.07) is 10.6. The van der Waals surface area contributed by atoms with E-state index < -0.39 is 15.8 Å². The zero-order chi connectivity index (χ0) is 19.6. The number of aromatic amines is 1. The van der Waals surface area contributed by atoms with Crippen LogP contribution in [0.5, 0.6) is 5.75 Å². The number of H-pyrrole nitrogens is 1. The third kappa shape index (κ3) is 4.17. The van der Waals surface area contributed by atoms with Crippen LogP contribution in [-0.4, -0.2) is 27.1 Å². The van der Waals surface area contributed by atoms with E-state index in [4.69, 9.17) is 4.74 Å². The fraction of sp³-hybridized carbons (Fsp3) is 0.211. The molecule has 1 heterocycles. The van der Waals surface area contributed by atoms with Crippen molar-refractivity contribution in [1.29, 1.82) is 0 Å². The molecule has 3 aromatic rings. The maximum atomic E-state index is 13.3. The molecule has 0 unspecified atom stereocenters. The molecule has 0 radical (unpaired) electrons. The molecule has 142 valence electrons. The van der Waals surface area contributed by atoms with E-state index >= 15 is 0 Å². The van der Waals surface area contributed by atoms with Gasteiger partial charge in [0.15, 0.2) is 0 Å². The Hall–Kier alpha value is -2.71. The van der Waals surface area contributed by atoms with Gasteiger partial charge in [0.1, 0.15) is 11.6 Å². The highest BCUT2D eigenvalue weighted by atomic mass is 32.2. The molecule has 0 saturated heterocycles. The maximum Gasteiger partial charge on any atom is 0.251 e. The van der Waals surface area contributed by atoms with E-state index in [9.17, 15) is 17.6 Å². The molecule has 6 nitrogen and oxygen atoms in total. The van der Waals surface area contributed by atoms with Crippen LogP contribution in [-0.2, 0) is 16.4 Å². The van der Waals surface area contributed by atoms with Crippen molar-refractivity contribution < 1.29 is 17.5 Å². The maximum absolute atomic E-state index is 13.3. The van der Waals surface area contributed by atoms with Crippen LogP contribution >= 0.6 is 0 Å². The molecule has 0 spiro atoms. The summed E-state index contributed by atoms with van der Waals surface area (Å²) in [4.78, 5) is 15.0. The molecule has 0 aliphatic rings. The summed E-state index contributed by atoms with van der Waals surface area (Å²) in [5.74, 6) is 0.168. The van der Waals surface area contributed by atoms with E-state index in [1.54, 1.807) is 25.3 Å². The molecule has 8 heteroatoms. The van der Waals surface area contributed by atoms with Gasteiger partial charge in [-0.2, -0.15) is 0 Å². The number of halogens is 1. The first-order chi connectivity index (χ1) is 12.8. The standard InChI is InChI=1S/C19H19FN2O4S/c1-12-9-16(5-6-17(12)20)27(24,25)21-8-7-14-10-13-3-4-15(26-2)11-18(13)22-19(14)23/h3-6,9-11,21H,7-8H2,1-2H3,(H,22,23). The van der Waals surface area contributed by atoms with Crippen molar-refractivity contribution in [3.63, 3.8) is 0 Å². The Balaban J connectivity index is 1.75. The lowest BCUT2D eigenvalue weighted by Gasteiger charge is -2.09. The quantitative estimate of drug-likeness (QED) is 0.677. The normalized spacial score (nSPS) is 11.7.